The summed E-state index contributed by atoms with van der Waals surface area (Å²) in [5.74, 6) is 0. The monoisotopic (exact) mass is 253 g/mol. The molecule has 2 aromatic rings. The average molecular weight is 253 g/mol. The Morgan fingerprint density at radius 3 is 2.21 bits per heavy atom. The third-order valence-electron chi connectivity index (χ3n) is 4.12. The third-order valence-corrected chi connectivity index (χ3v) is 4.12. The van der Waals surface area contributed by atoms with E-state index in [9.17, 15) is 0 Å². The smallest absolute Gasteiger partial charge is 0.0642 e. The fourth-order valence-electron chi connectivity index (χ4n) is 2.75. The highest BCUT2D eigenvalue weighted by Crippen LogP contribution is 2.32. The minimum absolute atomic E-state index is 0.452. The first-order valence-corrected chi connectivity index (χ1v) is 6.77. The van der Waals surface area contributed by atoms with Crippen molar-refractivity contribution in [2.45, 2.75) is 40.2 Å². The van der Waals surface area contributed by atoms with Gasteiger partial charge in [0.1, 0.15) is 0 Å². The van der Waals surface area contributed by atoms with E-state index in [0.29, 0.717) is 0 Å². The Morgan fingerprint density at radius 2 is 1.53 bits per heavy atom. The molecule has 2 aromatic carbocycles. The van der Waals surface area contributed by atoms with Crippen LogP contribution in [0.5, 0.6) is 0 Å². The van der Waals surface area contributed by atoms with E-state index in [4.69, 9.17) is 5.73 Å². The molecule has 0 amide bonds. The largest absolute Gasteiger partial charge is 0.318 e. The second kappa shape index (κ2) is 4.82. The van der Waals surface area contributed by atoms with Crippen molar-refractivity contribution < 1.29 is 0 Å². The molecular weight excluding hydrogens is 230 g/mol. The van der Waals surface area contributed by atoms with Crippen LogP contribution < -0.4 is 5.73 Å². The first kappa shape index (κ1) is 13.8. The van der Waals surface area contributed by atoms with Crippen molar-refractivity contribution in [2.24, 2.45) is 5.73 Å². The van der Waals surface area contributed by atoms with Gasteiger partial charge in [-0.2, -0.15) is 0 Å². The maximum absolute atomic E-state index is 6.70. The number of aryl methyl sites for hydroxylation is 3. The van der Waals surface area contributed by atoms with Crippen LogP contribution in [0.15, 0.2) is 36.4 Å². The Morgan fingerprint density at radius 1 is 0.842 bits per heavy atom. The zero-order valence-corrected chi connectivity index (χ0v) is 12.5. The van der Waals surface area contributed by atoms with Crippen molar-refractivity contribution in [1.82, 2.24) is 0 Å². The molecule has 0 fully saturated rings. The van der Waals surface area contributed by atoms with Crippen LogP contribution in [-0.4, -0.2) is 0 Å². The summed E-state index contributed by atoms with van der Waals surface area (Å²) in [6.07, 6.45) is 0. The fraction of sp³-hybridized carbons (Fsp3) is 0.333. The van der Waals surface area contributed by atoms with Crippen LogP contribution in [0.4, 0.5) is 0 Å². The summed E-state index contributed by atoms with van der Waals surface area (Å²) in [6, 6.07) is 12.9. The van der Waals surface area contributed by atoms with Crippen LogP contribution in [0, 0.1) is 27.7 Å². The summed E-state index contributed by atoms with van der Waals surface area (Å²) in [5.41, 5.74) is 13.7. The molecule has 0 aliphatic heterocycles. The summed E-state index contributed by atoms with van der Waals surface area (Å²) < 4.78 is 0. The SMILES string of the molecule is Cc1ccc(C)c(C(C)(N)c2cccc(C)c2C)c1. The van der Waals surface area contributed by atoms with Crippen LogP contribution in [0.3, 0.4) is 0 Å². The molecule has 2 rings (SSSR count). The number of hydrogen-bond acceptors (Lipinski definition) is 1. The molecule has 0 heterocycles. The summed E-state index contributed by atoms with van der Waals surface area (Å²) in [7, 11) is 0. The predicted octanol–water partition coefficient (Wildman–Crippen LogP) is 4.14. The lowest BCUT2D eigenvalue weighted by Gasteiger charge is -2.30. The van der Waals surface area contributed by atoms with Gasteiger partial charge in [0.05, 0.1) is 5.54 Å². The van der Waals surface area contributed by atoms with Crippen molar-refractivity contribution >= 4 is 0 Å². The molecule has 1 heteroatoms. The zero-order valence-electron chi connectivity index (χ0n) is 12.5. The van der Waals surface area contributed by atoms with Gasteiger partial charge >= 0.3 is 0 Å². The van der Waals surface area contributed by atoms with E-state index in [-0.39, 0.29) is 0 Å². The van der Waals surface area contributed by atoms with Crippen molar-refractivity contribution in [1.29, 1.82) is 0 Å². The molecule has 1 atom stereocenters. The van der Waals surface area contributed by atoms with E-state index in [1.807, 2.05) is 0 Å². The molecule has 0 aliphatic rings. The molecule has 0 aliphatic carbocycles. The minimum atomic E-state index is -0.452. The van der Waals surface area contributed by atoms with Crippen molar-refractivity contribution in [3.63, 3.8) is 0 Å². The topological polar surface area (TPSA) is 26.0 Å². The van der Waals surface area contributed by atoms with Crippen LogP contribution in [0.2, 0.25) is 0 Å². The maximum atomic E-state index is 6.70. The van der Waals surface area contributed by atoms with Gasteiger partial charge in [-0.3, -0.25) is 0 Å². The molecule has 0 aromatic heterocycles. The summed E-state index contributed by atoms with van der Waals surface area (Å²) in [6.45, 7) is 10.6. The standard InChI is InChI=1S/C18H23N/c1-12-9-10-14(3)17(11-12)18(5,19)16-8-6-7-13(2)15(16)4/h6-11H,19H2,1-5H3. The van der Waals surface area contributed by atoms with Crippen LogP contribution in [0.1, 0.15) is 40.3 Å². The lowest BCUT2D eigenvalue weighted by atomic mass is 9.80. The normalized spacial score (nSPS) is 14.2. The lowest BCUT2D eigenvalue weighted by molar-refractivity contribution is 0.593. The number of hydrogen-bond donors (Lipinski definition) is 1. The number of rotatable bonds is 2. The Hall–Kier alpha value is -1.60. The second-order valence-electron chi connectivity index (χ2n) is 5.77. The number of nitrogens with two attached hydrogens (primary N) is 1. The molecule has 1 unspecified atom stereocenters. The highest BCUT2D eigenvalue weighted by molar-refractivity contribution is 5.47. The van der Waals surface area contributed by atoms with Gasteiger partial charge in [0.25, 0.3) is 0 Å². The lowest BCUT2D eigenvalue weighted by Crippen LogP contribution is -2.36. The number of benzene rings is 2. The molecule has 0 radical (unpaired) electrons. The van der Waals surface area contributed by atoms with Gasteiger partial charge in [0.2, 0.25) is 0 Å². The highest BCUT2D eigenvalue weighted by Gasteiger charge is 2.27. The molecule has 0 bridgehead atoms. The van der Waals surface area contributed by atoms with Gasteiger partial charge in [-0.15, -0.1) is 0 Å². The molecule has 19 heavy (non-hydrogen) atoms. The molecular formula is C18H23N. The van der Waals surface area contributed by atoms with Gasteiger partial charge in [-0.25, -0.2) is 0 Å². The zero-order chi connectivity index (χ0) is 14.2. The highest BCUT2D eigenvalue weighted by atomic mass is 14.7. The fourth-order valence-corrected chi connectivity index (χ4v) is 2.75. The van der Waals surface area contributed by atoms with E-state index in [0.717, 1.165) is 0 Å². The second-order valence-corrected chi connectivity index (χ2v) is 5.77. The molecule has 1 nitrogen and oxygen atoms in total. The Kier molecular flexibility index (Phi) is 3.51. The molecule has 0 saturated heterocycles. The van der Waals surface area contributed by atoms with Crippen molar-refractivity contribution in [3.8, 4) is 0 Å². The Labute approximate surface area is 116 Å². The molecule has 2 N–H and O–H groups in total. The third kappa shape index (κ3) is 2.43. The predicted molar refractivity (Wildman–Crippen MR) is 82.5 cm³/mol. The van der Waals surface area contributed by atoms with E-state index in [1.165, 1.54) is 33.4 Å². The van der Waals surface area contributed by atoms with E-state index >= 15 is 0 Å². The van der Waals surface area contributed by atoms with E-state index in [2.05, 4.69) is 71.0 Å². The molecule has 0 spiro atoms. The first-order chi connectivity index (χ1) is 8.84. The van der Waals surface area contributed by atoms with Gasteiger partial charge in [-0.1, -0.05) is 42.0 Å². The Balaban J connectivity index is 2.65. The van der Waals surface area contributed by atoms with Crippen molar-refractivity contribution in [2.75, 3.05) is 0 Å². The summed E-state index contributed by atoms with van der Waals surface area (Å²) >= 11 is 0. The Bertz CT molecular complexity index is 605. The summed E-state index contributed by atoms with van der Waals surface area (Å²) in [5, 5.41) is 0. The molecule has 0 saturated carbocycles. The van der Waals surface area contributed by atoms with Gasteiger partial charge in [0.15, 0.2) is 0 Å². The quantitative estimate of drug-likeness (QED) is 0.855. The van der Waals surface area contributed by atoms with Crippen LogP contribution in [-0.2, 0) is 5.54 Å². The van der Waals surface area contributed by atoms with Gasteiger partial charge in [-0.05, 0) is 62.4 Å². The van der Waals surface area contributed by atoms with E-state index < -0.39 is 5.54 Å². The van der Waals surface area contributed by atoms with E-state index in [1.54, 1.807) is 0 Å². The van der Waals surface area contributed by atoms with Gasteiger partial charge in [0, 0.05) is 0 Å². The average Bonchev–Trinajstić information content (AvgIpc) is 2.35. The minimum Gasteiger partial charge on any atom is -0.318 e. The van der Waals surface area contributed by atoms with Crippen LogP contribution in [0.25, 0.3) is 0 Å². The summed E-state index contributed by atoms with van der Waals surface area (Å²) in [4.78, 5) is 0. The maximum Gasteiger partial charge on any atom is 0.0642 e. The van der Waals surface area contributed by atoms with Crippen molar-refractivity contribution in [3.05, 3.63) is 69.8 Å². The van der Waals surface area contributed by atoms with Gasteiger partial charge < -0.3 is 5.73 Å². The molecule has 100 valence electrons. The van der Waals surface area contributed by atoms with Crippen LogP contribution >= 0.6 is 0 Å². The first-order valence-electron chi connectivity index (χ1n) is 6.77.